The van der Waals surface area contributed by atoms with Crippen molar-refractivity contribution in [1.82, 2.24) is 10.2 Å². The Bertz CT molecular complexity index is 864. The molecule has 0 saturated heterocycles. The summed E-state index contributed by atoms with van der Waals surface area (Å²) >= 11 is 9.51. The highest BCUT2D eigenvalue weighted by Gasteiger charge is 2.28. The minimum atomic E-state index is -0.579. The number of likely N-dealkylation sites (N-methyl/N-ethyl adjacent to an activating group) is 1. The number of hydrogen-bond donors (Lipinski definition) is 1. The van der Waals surface area contributed by atoms with E-state index in [4.69, 9.17) is 16.3 Å². The maximum Gasteiger partial charge on any atom is 0.261 e. The molecule has 2 aromatic rings. The number of carbonyl (C=O) groups excluding carboxylic acids is 2. The van der Waals surface area contributed by atoms with Crippen LogP contribution in [0.2, 0.25) is 5.02 Å². The molecule has 0 radical (unpaired) electrons. The maximum absolute atomic E-state index is 13.1. The van der Waals surface area contributed by atoms with Crippen molar-refractivity contribution < 1.29 is 14.3 Å². The molecule has 1 atom stereocenters. The van der Waals surface area contributed by atoms with E-state index in [1.54, 1.807) is 17.0 Å². The first kappa shape index (κ1) is 24.2. The summed E-state index contributed by atoms with van der Waals surface area (Å²) in [6.45, 7) is 8.35. The van der Waals surface area contributed by atoms with Crippen LogP contribution >= 0.6 is 27.5 Å². The average molecular weight is 496 g/mol. The van der Waals surface area contributed by atoms with E-state index in [1.165, 1.54) is 0 Å². The molecule has 2 aromatic carbocycles. The monoisotopic (exact) mass is 494 g/mol. The van der Waals surface area contributed by atoms with E-state index in [2.05, 4.69) is 21.2 Å². The number of amides is 2. The second-order valence-corrected chi connectivity index (χ2v) is 8.36. The summed E-state index contributed by atoms with van der Waals surface area (Å²) in [5.41, 5.74) is 2.96. The summed E-state index contributed by atoms with van der Waals surface area (Å²) in [5, 5.41) is 3.44. The van der Waals surface area contributed by atoms with Gasteiger partial charge in [0.2, 0.25) is 5.91 Å². The van der Waals surface area contributed by atoms with Crippen LogP contribution in [0.25, 0.3) is 0 Å². The Morgan fingerprint density at radius 3 is 2.27 bits per heavy atom. The molecule has 7 heteroatoms. The summed E-state index contributed by atoms with van der Waals surface area (Å²) in [6, 6.07) is 10.5. The van der Waals surface area contributed by atoms with Crippen molar-refractivity contribution in [2.24, 2.45) is 0 Å². The molecule has 0 spiro atoms. The van der Waals surface area contributed by atoms with Gasteiger partial charge in [-0.15, -0.1) is 0 Å². The molecule has 1 unspecified atom stereocenters. The van der Waals surface area contributed by atoms with Gasteiger partial charge >= 0.3 is 0 Å². The lowest BCUT2D eigenvalue weighted by Gasteiger charge is -2.30. The van der Waals surface area contributed by atoms with Crippen LogP contribution in [-0.4, -0.2) is 35.9 Å². The highest BCUT2D eigenvalue weighted by atomic mass is 79.9. The van der Waals surface area contributed by atoms with Crippen molar-refractivity contribution in [2.45, 2.75) is 46.7 Å². The number of benzene rings is 2. The summed E-state index contributed by atoms with van der Waals surface area (Å²) in [4.78, 5) is 27.3. The van der Waals surface area contributed by atoms with Gasteiger partial charge in [0.25, 0.3) is 5.91 Å². The molecule has 0 aliphatic carbocycles. The standard InChI is InChI=1S/C23H28BrClN2O3/c1-5-20(23(29)26-6-2)27(13-17-7-9-18(25)10-8-17)21(28)14-30-19-11-15(3)22(24)16(4)12-19/h7-12,20H,5-6,13-14H2,1-4H3,(H,26,29). The predicted molar refractivity (Wildman–Crippen MR) is 124 cm³/mol. The van der Waals surface area contributed by atoms with Crippen LogP contribution in [0.3, 0.4) is 0 Å². The molecule has 5 nitrogen and oxygen atoms in total. The normalized spacial score (nSPS) is 11.7. The molecule has 0 aliphatic heterocycles. The number of carbonyl (C=O) groups is 2. The Labute approximate surface area is 191 Å². The summed E-state index contributed by atoms with van der Waals surface area (Å²) in [5.74, 6) is 0.206. The van der Waals surface area contributed by atoms with Crippen molar-refractivity contribution >= 4 is 39.3 Å². The van der Waals surface area contributed by atoms with Crippen LogP contribution in [0.1, 0.15) is 37.0 Å². The molecule has 30 heavy (non-hydrogen) atoms. The van der Waals surface area contributed by atoms with Crippen molar-refractivity contribution in [1.29, 1.82) is 0 Å². The molecule has 0 aromatic heterocycles. The first-order valence-electron chi connectivity index (χ1n) is 9.97. The molecular formula is C23H28BrClN2O3. The van der Waals surface area contributed by atoms with Gasteiger partial charge in [-0.2, -0.15) is 0 Å². The van der Waals surface area contributed by atoms with E-state index in [-0.39, 0.29) is 18.4 Å². The third kappa shape index (κ3) is 6.47. The lowest BCUT2D eigenvalue weighted by atomic mass is 10.1. The largest absolute Gasteiger partial charge is 0.484 e. The van der Waals surface area contributed by atoms with Crippen molar-refractivity contribution in [3.05, 3.63) is 62.6 Å². The highest BCUT2D eigenvalue weighted by molar-refractivity contribution is 9.10. The second kappa shape index (κ2) is 11.4. The zero-order valence-electron chi connectivity index (χ0n) is 17.8. The smallest absolute Gasteiger partial charge is 0.261 e. The Balaban J connectivity index is 2.22. The minimum absolute atomic E-state index is 0.149. The summed E-state index contributed by atoms with van der Waals surface area (Å²) < 4.78 is 6.81. The third-order valence-electron chi connectivity index (χ3n) is 4.78. The molecule has 1 N–H and O–H groups in total. The predicted octanol–water partition coefficient (Wildman–Crippen LogP) is 5.04. The van der Waals surface area contributed by atoms with E-state index >= 15 is 0 Å². The van der Waals surface area contributed by atoms with Crippen molar-refractivity contribution in [2.75, 3.05) is 13.2 Å². The van der Waals surface area contributed by atoms with Gasteiger partial charge in [0.15, 0.2) is 6.61 Å². The van der Waals surface area contributed by atoms with E-state index in [0.29, 0.717) is 30.3 Å². The molecule has 0 saturated carbocycles. The molecule has 0 bridgehead atoms. The molecule has 2 amide bonds. The first-order chi connectivity index (χ1) is 14.3. The number of nitrogens with one attached hydrogen (secondary N) is 1. The Hall–Kier alpha value is -2.05. The quantitative estimate of drug-likeness (QED) is 0.530. The van der Waals surface area contributed by atoms with Crippen LogP contribution in [0, 0.1) is 13.8 Å². The fourth-order valence-corrected chi connectivity index (χ4v) is 3.57. The van der Waals surface area contributed by atoms with E-state index in [0.717, 1.165) is 21.2 Å². The third-order valence-corrected chi connectivity index (χ3v) is 6.28. The minimum Gasteiger partial charge on any atom is -0.484 e. The van der Waals surface area contributed by atoms with Gasteiger partial charge in [-0.3, -0.25) is 9.59 Å². The van der Waals surface area contributed by atoms with Gasteiger partial charge in [-0.05, 0) is 68.1 Å². The Morgan fingerprint density at radius 1 is 1.13 bits per heavy atom. The lowest BCUT2D eigenvalue weighted by Crippen LogP contribution is -2.50. The molecule has 2 rings (SSSR count). The van der Waals surface area contributed by atoms with Gasteiger partial charge in [-0.1, -0.05) is 46.6 Å². The van der Waals surface area contributed by atoms with Gasteiger partial charge < -0.3 is 15.0 Å². The Kier molecular flexibility index (Phi) is 9.18. The second-order valence-electron chi connectivity index (χ2n) is 7.13. The fourth-order valence-electron chi connectivity index (χ4n) is 3.22. The number of halogens is 2. The summed E-state index contributed by atoms with van der Waals surface area (Å²) in [7, 11) is 0. The van der Waals surface area contributed by atoms with Crippen molar-refractivity contribution in [3.63, 3.8) is 0 Å². The molecule has 0 aliphatic rings. The maximum atomic E-state index is 13.1. The van der Waals surface area contributed by atoms with Crippen molar-refractivity contribution in [3.8, 4) is 5.75 Å². The van der Waals surface area contributed by atoms with Crippen LogP contribution < -0.4 is 10.1 Å². The first-order valence-corrected chi connectivity index (χ1v) is 11.1. The van der Waals surface area contributed by atoms with Gasteiger partial charge in [0, 0.05) is 22.6 Å². The molecule has 0 heterocycles. The molecule has 0 fully saturated rings. The van der Waals surface area contributed by atoms with Crippen LogP contribution in [0.15, 0.2) is 40.9 Å². The van der Waals surface area contributed by atoms with Gasteiger partial charge in [0.05, 0.1) is 0 Å². The van der Waals surface area contributed by atoms with E-state index in [9.17, 15) is 9.59 Å². The average Bonchev–Trinajstić information content (AvgIpc) is 2.71. The van der Waals surface area contributed by atoms with E-state index < -0.39 is 6.04 Å². The number of rotatable bonds is 9. The van der Waals surface area contributed by atoms with Gasteiger partial charge in [-0.25, -0.2) is 0 Å². The van der Waals surface area contributed by atoms with Crippen LogP contribution in [0.5, 0.6) is 5.75 Å². The van der Waals surface area contributed by atoms with Gasteiger partial charge in [0.1, 0.15) is 11.8 Å². The topological polar surface area (TPSA) is 58.6 Å². The number of ether oxygens (including phenoxy) is 1. The summed E-state index contributed by atoms with van der Waals surface area (Å²) in [6.07, 6.45) is 0.502. The van der Waals surface area contributed by atoms with E-state index in [1.807, 2.05) is 52.0 Å². The van der Waals surface area contributed by atoms with Crippen LogP contribution in [-0.2, 0) is 16.1 Å². The number of hydrogen-bond acceptors (Lipinski definition) is 3. The zero-order valence-corrected chi connectivity index (χ0v) is 20.1. The Morgan fingerprint density at radius 2 is 1.73 bits per heavy atom. The number of nitrogens with zero attached hydrogens (tertiary/aromatic N) is 1. The molecular weight excluding hydrogens is 468 g/mol. The fraction of sp³-hybridized carbons (Fsp3) is 0.391. The lowest BCUT2D eigenvalue weighted by molar-refractivity contribution is -0.142. The molecule has 162 valence electrons. The number of aryl methyl sites for hydroxylation is 2. The highest BCUT2D eigenvalue weighted by Crippen LogP contribution is 2.26. The zero-order chi connectivity index (χ0) is 22.3. The SMILES string of the molecule is CCNC(=O)C(CC)N(Cc1ccc(Cl)cc1)C(=O)COc1cc(C)c(Br)c(C)c1. The van der Waals surface area contributed by atoms with Crippen LogP contribution in [0.4, 0.5) is 0 Å².